The lowest BCUT2D eigenvalue weighted by Crippen LogP contribution is -2.36. The van der Waals surface area contributed by atoms with Crippen LogP contribution < -0.4 is 5.32 Å². The lowest BCUT2D eigenvalue weighted by Gasteiger charge is -2.20. The maximum absolute atomic E-state index is 5.13. The fourth-order valence-corrected chi connectivity index (χ4v) is 0.815. The molecule has 0 saturated heterocycles. The van der Waals surface area contributed by atoms with Gasteiger partial charge < -0.3 is 5.32 Å². The molecule has 0 amide bonds. The Kier molecular flexibility index (Phi) is 4.98. The number of hydrogen-bond acceptors (Lipinski definition) is 1. The Morgan fingerprint density at radius 3 is 2.36 bits per heavy atom. The van der Waals surface area contributed by atoms with E-state index in [1.54, 1.807) is 0 Å². The van der Waals surface area contributed by atoms with Gasteiger partial charge in [-0.1, -0.05) is 0 Å². The summed E-state index contributed by atoms with van der Waals surface area (Å²) in [5.74, 6) is 2.64. The molecular formula is C10H19N. The Bertz CT molecular complexity index is 125. The predicted molar refractivity (Wildman–Crippen MR) is 50.4 cm³/mol. The van der Waals surface area contributed by atoms with Crippen LogP contribution in [-0.2, 0) is 0 Å². The molecule has 11 heavy (non-hydrogen) atoms. The Hall–Kier alpha value is -0.480. The average molecular weight is 153 g/mol. The van der Waals surface area contributed by atoms with Gasteiger partial charge in [-0.25, -0.2) is 0 Å². The Labute approximate surface area is 70.6 Å². The summed E-state index contributed by atoms with van der Waals surface area (Å²) in [6, 6.07) is 0. The van der Waals surface area contributed by atoms with Gasteiger partial charge in [0.2, 0.25) is 0 Å². The second-order valence-electron chi connectivity index (χ2n) is 3.84. The largest absolute Gasteiger partial charge is 0.312 e. The molecule has 0 heterocycles. The molecule has 0 bridgehead atoms. The van der Waals surface area contributed by atoms with E-state index in [1.807, 2.05) is 0 Å². The Balaban J connectivity index is 3.10. The third-order valence-corrected chi connectivity index (χ3v) is 1.40. The van der Waals surface area contributed by atoms with Crippen LogP contribution in [0.15, 0.2) is 0 Å². The first-order valence-corrected chi connectivity index (χ1v) is 4.25. The minimum Gasteiger partial charge on any atom is -0.312 e. The van der Waals surface area contributed by atoms with Crippen molar-refractivity contribution in [1.82, 2.24) is 5.32 Å². The minimum atomic E-state index is 0.246. The molecule has 0 aromatic heterocycles. The topological polar surface area (TPSA) is 12.0 Å². The number of unbranched alkanes of at least 4 members (excludes halogenated alkanes) is 2. The highest BCUT2D eigenvalue weighted by atomic mass is 14.9. The summed E-state index contributed by atoms with van der Waals surface area (Å²) < 4.78 is 0. The van der Waals surface area contributed by atoms with E-state index in [-0.39, 0.29) is 5.54 Å². The molecule has 0 aromatic carbocycles. The highest BCUT2D eigenvalue weighted by Gasteiger charge is 2.06. The van der Waals surface area contributed by atoms with Crippen molar-refractivity contribution in [3.8, 4) is 12.3 Å². The average Bonchev–Trinajstić information content (AvgIpc) is 1.85. The minimum absolute atomic E-state index is 0.246. The van der Waals surface area contributed by atoms with Gasteiger partial charge in [-0.2, -0.15) is 0 Å². The van der Waals surface area contributed by atoms with Gasteiger partial charge in [-0.3, -0.25) is 0 Å². The van der Waals surface area contributed by atoms with Crippen LogP contribution >= 0.6 is 0 Å². The lowest BCUT2D eigenvalue weighted by atomic mass is 10.1. The predicted octanol–water partition coefficient (Wildman–Crippen LogP) is 2.18. The van der Waals surface area contributed by atoms with Crippen LogP contribution in [0.3, 0.4) is 0 Å². The molecular weight excluding hydrogens is 134 g/mol. The normalized spacial score (nSPS) is 11.1. The summed E-state index contributed by atoms with van der Waals surface area (Å²) in [5, 5.41) is 3.41. The van der Waals surface area contributed by atoms with Gasteiger partial charge in [-0.15, -0.1) is 12.3 Å². The van der Waals surface area contributed by atoms with Gasteiger partial charge in [0.05, 0.1) is 0 Å². The fourth-order valence-electron chi connectivity index (χ4n) is 0.815. The number of rotatable bonds is 4. The second-order valence-corrected chi connectivity index (χ2v) is 3.84. The number of terminal acetylenes is 1. The summed E-state index contributed by atoms with van der Waals surface area (Å²) in [7, 11) is 0. The van der Waals surface area contributed by atoms with Crippen molar-refractivity contribution < 1.29 is 0 Å². The first-order chi connectivity index (χ1) is 5.06. The monoisotopic (exact) mass is 153 g/mol. The summed E-state index contributed by atoms with van der Waals surface area (Å²) in [5.41, 5.74) is 0.246. The summed E-state index contributed by atoms with van der Waals surface area (Å²) in [6.45, 7) is 7.60. The molecule has 0 aliphatic rings. The molecule has 64 valence electrons. The van der Waals surface area contributed by atoms with Gasteiger partial charge in [0.15, 0.2) is 0 Å². The zero-order valence-electron chi connectivity index (χ0n) is 7.91. The van der Waals surface area contributed by atoms with Crippen LogP contribution in [0.5, 0.6) is 0 Å². The maximum Gasteiger partial charge on any atom is 0.00965 e. The third kappa shape index (κ3) is 9.52. The molecule has 0 rings (SSSR count). The smallest absolute Gasteiger partial charge is 0.00965 e. The van der Waals surface area contributed by atoms with Crippen molar-refractivity contribution in [3.63, 3.8) is 0 Å². The lowest BCUT2D eigenvalue weighted by molar-refractivity contribution is 0.419. The van der Waals surface area contributed by atoms with Crippen molar-refractivity contribution in [2.45, 2.75) is 45.6 Å². The molecule has 0 aliphatic heterocycles. The maximum atomic E-state index is 5.13. The highest BCUT2D eigenvalue weighted by molar-refractivity contribution is 4.83. The molecule has 1 nitrogen and oxygen atoms in total. The van der Waals surface area contributed by atoms with Gasteiger partial charge in [0, 0.05) is 12.0 Å². The summed E-state index contributed by atoms with van der Waals surface area (Å²) >= 11 is 0. The van der Waals surface area contributed by atoms with Crippen LogP contribution in [-0.4, -0.2) is 12.1 Å². The molecule has 0 spiro atoms. The molecule has 0 saturated carbocycles. The van der Waals surface area contributed by atoms with Crippen molar-refractivity contribution in [2.75, 3.05) is 6.54 Å². The van der Waals surface area contributed by atoms with Crippen molar-refractivity contribution >= 4 is 0 Å². The van der Waals surface area contributed by atoms with Gasteiger partial charge >= 0.3 is 0 Å². The molecule has 0 atom stereocenters. The fraction of sp³-hybridized carbons (Fsp3) is 0.800. The van der Waals surface area contributed by atoms with Crippen LogP contribution in [0.2, 0.25) is 0 Å². The van der Waals surface area contributed by atoms with E-state index in [9.17, 15) is 0 Å². The van der Waals surface area contributed by atoms with E-state index >= 15 is 0 Å². The van der Waals surface area contributed by atoms with E-state index in [2.05, 4.69) is 32.0 Å². The molecule has 1 heteroatoms. The number of nitrogens with one attached hydrogen (secondary N) is 1. The first-order valence-electron chi connectivity index (χ1n) is 4.25. The second kappa shape index (κ2) is 5.21. The first kappa shape index (κ1) is 10.5. The van der Waals surface area contributed by atoms with E-state index in [0.29, 0.717) is 0 Å². The molecule has 0 radical (unpaired) electrons. The molecule has 0 aliphatic carbocycles. The Morgan fingerprint density at radius 1 is 1.27 bits per heavy atom. The van der Waals surface area contributed by atoms with Crippen LogP contribution in [0.25, 0.3) is 0 Å². The molecule has 0 fully saturated rings. The molecule has 0 aromatic rings. The summed E-state index contributed by atoms with van der Waals surface area (Å²) in [4.78, 5) is 0. The summed E-state index contributed by atoms with van der Waals surface area (Å²) in [6.07, 6.45) is 8.36. The van der Waals surface area contributed by atoms with Crippen LogP contribution in [0.4, 0.5) is 0 Å². The molecule has 1 N–H and O–H groups in total. The molecule has 0 unspecified atom stereocenters. The zero-order valence-corrected chi connectivity index (χ0v) is 7.91. The highest BCUT2D eigenvalue weighted by Crippen LogP contribution is 1.99. The van der Waals surface area contributed by atoms with Crippen molar-refractivity contribution in [2.24, 2.45) is 0 Å². The van der Waals surface area contributed by atoms with Crippen LogP contribution in [0.1, 0.15) is 40.0 Å². The van der Waals surface area contributed by atoms with Gasteiger partial charge in [0.25, 0.3) is 0 Å². The van der Waals surface area contributed by atoms with Gasteiger partial charge in [0.1, 0.15) is 0 Å². The van der Waals surface area contributed by atoms with Crippen molar-refractivity contribution in [3.05, 3.63) is 0 Å². The van der Waals surface area contributed by atoms with Gasteiger partial charge in [-0.05, 0) is 40.2 Å². The SMILES string of the molecule is C#CCCCCNC(C)(C)C. The third-order valence-electron chi connectivity index (χ3n) is 1.40. The standard InChI is InChI=1S/C10H19N/c1-5-6-7-8-9-11-10(2,3)4/h1,11H,6-9H2,2-4H3. The van der Waals surface area contributed by atoms with Crippen LogP contribution in [0, 0.1) is 12.3 Å². The van der Waals surface area contributed by atoms with E-state index in [0.717, 1.165) is 19.4 Å². The van der Waals surface area contributed by atoms with E-state index < -0.39 is 0 Å². The number of hydrogen-bond donors (Lipinski definition) is 1. The zero-order chi connectivity index (χ0) is 8.74. The van der Waals surface area contributed by atoms with Crippen molar-refractivity contribution in [1.29, 1.82) is 0 Å². The van der Waals surface area contributed by atoms with E-state index in [1.165, 1.54) is 6.42 Å². The quantitative estimate of drug-likeness (QED) is 0.482. The van der Waals surface area contributed by atoms with E-state index in [4.69, 9.17) is 6.42 Å². The Morgan fingerprint density at radius 2 is 1.91 bits per heavy atom.